The molecule has 0 aliphatic rings. The molecule has 1 heterocycles. The van der Waals surface area contributed by atoms with E-state index in [1.54, 1.807) is 36.4 Å². The molecule has 2 aromatic carbocycles. The average Bonchev–Trinajstić information content (AvgIpc) is 2.85. The van der Waals surface area contributed by atoms with Crippen LogP contribution < -0.4 is 5.32 Å². The Kier molecular flexibility index (Phi) is 9.46. The number of aryl methyl sites for hydroxylation is 1. The number of phenols is 1. The van der Waals surface area contributed by atoms with E-state index in [0.717, 1.165) is 23.4 Å². The van der Waals surface area contributed by atoms with Crippen LogP contribution in [0.15, 0.2) is 67.0 Å². The maximum atomic E-state index is 14.0. The Labute approximate surface area is 215 Å². The summed E-state index contributed by atoms with van der Waals surface area (Å²) in [5, 5.41) is 12.5. The second kappa shape index (κ2) is 12.5. The van der Waals surface area contributed by atoms with Crippen molar-refractivity contribution in [2.75, 3.05) is 6.54 Å². The number of pyridine rings is 1. The van der Waals surface area contributed by atoms with Gasteiger partial charge >= 0.3 is 6.18 Å². The SMILES string of the molecule is O=C(NCc1ccc(Cl)cc1)C(c1cncc(F)c1)N(CCC(F)(F)F)C(=O)CCc1ccc(O)cc1. The van der Waals surface area contributed by atoms with Crippen molar-refractivity contribution < 1.29 is 32.3 Å². The molecule has 196 valence electrons. The van der Waals surface area contributed by atoms with Crippen LogP contribution in [0.3, 0.4) is 0 Å². The molecular weight excluding hydrogens is 514 g/mol. The van der Waals surface area contributed by atoms with Gasteiger partial charge in [0.25, 0.3) is 0 Å². The first-order valence-electron chi connectivity index (χ1n) is 11.3. The number of benzene rings is 2. The number of nitrogens with zero attached hydrogens (tertiary/aromatic N) is 2. The largest absolute Gasteiger partial charge is 0.508 e. The minimum absolute atomic E-state index is 0.00402. The summed E-state index contributed by atoms with van der Waals surface area (Å²) in [5.74, 6) is -2.30. The number of alkyl halides is 3. The molecule has 11 heteroatoms. The van der Waals surface area contributed by atoms with Crippen molar-refractivity contribution in [2.24, 2.45) is 0 Å². The van der Waals surface area contributed by atoms with Crippen LogP contribution in [0, 0.1) is 5.82 Å². The molecule has 1 aromatic heterocycles. The molecule has 0 fully saturated rings. The minimum atomic E-state index is -4.60. The van der Waals surface area contributed by atoms with E-state index in [1.165, 1.54) is 12.1 Å². The summed E-state index contributed by atoms with van der Waals surface area (Å²) in [4.78, 5) is 31.0. The van der Waals surface area contributed by atoms with Crippen molar-refractivity contribution in [2.45, 2.75) is 38.0 Å². The topological polar surface area (TPSA) is 82.5 Å². The van der Waals surface area contributed by atoms with Crippen LogP contribution >= 0.6 is 11.6 Å². The van der Waals surface area contributed by atoms with Gasteiger partial charge in [-0.1, -0.05) is 35.9 Å². The van der Waals surface area contributed by atoms with Gasteiger partial charge < -0.3 is 15.3 Å². The molecule has 6 nitrogen and oxygen atoms in total. The maximum Gasteiger partial charge on any atom is 0.390 e. The smallest absolute Gasteiger partial charge is 0.390 e. The van der Waals surface area contributed by atoms with Gasteiger partial charge in [-0.3, -0.25) is 14.6 Å². The Bertz CT molecular complexity index is 1200. The van der Waals surface area contributed by atoms with E-state index in [0.29, 0.717) is 16.1 Å². The number of hydrogen-bond donors (Lipinski definition) is 2. The normalized spacial score (nSPS) is 12.1. The van der Waals surface area contributed by atoms with Crippen LogP contribution in [-0.2, 0) is 22.6 Å². The van der Waals surface area contributed by atoms with Crippen molar-refractivity contribution in [1.29, 1.82) is 0 Å². The van der Waals surface area contributed by atoms with Gasteiger partial charge in [0.05, 0.1) is 12.6 Å². The van der Waals surface area contributed by atoms with E-state index in [4.69, 9.17) is 11.6 Å². The molecule has 0 saturated carbocycles. The van der Waals surface area contributed by atoms with Crippen molar-refractivity contribution in [3.05, 3.63) is 94.5 Å². The molecule has 3 aromatic rings. The Balaban J connectivity index is 1.88. The zero-order valence-corrected chi connectivity index (χ0v) is 20.3. The fraction of sp³-hybridized carbons (Fsp3) is 0.269. The van der Waals surface area contributed by atoms with Crippen LogP contribution in [-0.4, -0.2) is 39.5 Å². The van der Waals surface area contributed by atoms with Gasteiger partial charge in [-0.25, -0.2) is 4.39 Å². The van der Waals surface area contributed by atoms with Gasteiger partial charge in [0.2, 0.25) is 11.8 Å². The van der Waals surface area contributed by atoms with Crippen molar-refractivity contribution >= 4 is 23.4 Å². The number of phenolic OH excluding ortho intramolecular Hbond substituents is 1. The predicted molar refractivity (Wildman–Crippen MR) is 129 cm³/mol. The highest BCUT2D eigenvalue weighted by molar-refractivity contribution is 6.30. The fourth-order valence-corrected chi connectivity index (χ4v) is 3.77. The third-order valence-electron chi connectivity index (χ3n) is 5.50. The van der Waals surface area contributed by atoms with E-state index in [-0.39, 0.29) is 30.7 Å². The van der Waals surface area contributed by atoms with Gasteiger partial charge in [0.15, 0.2) is 0 Å². The standard InChI is InChI=1S/C26H24ClF4N3O3/c27-20-6-1-18(2-7-20)14-33-25(37)24(19-13-21(28)16-32-15-19)34(12-11-26(29,30)31)23(36)10-5-17-3-8-22(35)9-4-17/h1-4,6-9,13,15-16,24,35H,5,10-12,14H2,(H,33,37). The Morgan fingerprint density at radius 1 is 1.03 bits per heavy atom. The zero-order chi connectivity index (χ0) is 27.0. The maximum absolute atomic E-state index is 14.0. The van der Waals surface area contributed by atoms with Crippen LogP contribution in [0.4, 0.5) is 17.6 Å². The first-order chi connectivity index (χ1) is 17.5. The highest BCUT2D eigenvalue weighted by Crippen LogP contribution is 2.27. The second-order valence-electron chi connectivity index (χ2n) is 8.30. The molecule has 0 bridgehead atoms. The molecule has 0 spiro atoms. The summed E-state index contributed by atoms with van der Waals surface area (Å²) in [6.45, 7) is -0.808. The number of aromatic hydroxyl groups is 1. The lowest BCUT2D eigenvalue weighted by Crippen LogP contribution is -2.45. The summed E-state index contributed by atoms with van der Waals surface area (Å²) >= 11 is 5.87. The Morgan fingerprint density at radius 2 is 1.68 bits per heavy atom. The van der Waals surface area contributed by atoms with Crippen LogP contribution in [0.1, 0.15) is 35.6 Å². The molecule has 1 unspecified atom stereocenters. The van der Waals surface area contributed by atoms with Gasteiger partial charge in [-0.05, 0) is 47.9 Å². The Morgan fingerprint density at radius 3 is 2.30 bits per heavy atom. The quantitative estimate of drug-likeness (QED) is 0.342. The van der Waals surface area contributed by atoms with E-state index in [9.17, 15) is 32.3 Å². The summed E-state index contributed by atoms with van der Waals surface area (Å²) < 4.78 is 53.5. The first kappa shape index (κ1) is 27.9. The molecule has 0 saturated heterocycles. The van der Waals surface area contributed by atoms with E-state index in [1.807, 2.05) is 0 Å². The highest BCUT2D eigenvalue weighted by Gasteiger charge is 2.35. The molecule has 0 radical (unpaired) electrons. The number of amides is 2. The lowest BCUT2D eigenvalue weighted by Gasteiger charge is -2.31. The molecule has 0 aliphatic carbocycles. The minimum Gasteiger partial charge on any atom is -0.508 e. The lowest BCUT2D eigenvalue weighted by molar-refractivity contribution is -0.152. The summed E-state index contributed by atoms with van der Waals surface area (Å²) in [5.41, 5.74) is 1.27. The number of halogens is 5. The number of hydrogen-bond acceptors (Lipinski definition) is 4. The number of carbonyl (C=O) groups excluding carboxylic acids is 2. The number of aromatic nitrogens is 1. The van der Waals surface area contributed by atoms with Crippen molar-refractivity contribution in [3.63, 3.8) is 0 Å². The average molecular weight is 538 g/mol. The summed E-state index contributed by atoms with van der Waals surface area (Å²) in [6.07, 6.45) is -3.99. The predicted octanol–water partition coefficient (Wildman–Crippen LogP) is 5.35. The third-order valence-corrected chi connectivity index (χ3v) is 5.75. The molecule has 1 atom stereocenters. The molecule has 2 N–H and O–H groups in total. The van der Waals surface area contributed by atoms with Crippen LogP contribution in [0.5, 0.6) is 5.75 Å². The molecule has 3 rings (SSSR count). The van der Waals surface area contributed by atoms with Crippen LogP contribution in [0.2, 0.25) is 5.02 Å². The van der Waals surface area contributed by atoms with E-state index >= 15 is 0 Å². The van der Waals surface area contributed by atoms with Crippen molar-refractivity contribution in [3.8, 4) is 5.75 Å². The molecule has 2 amide bonds. The van der Waals surface area contributed by atoms with E-state index in [2.05, 4.69) is 10.3 Å². The fourth-order valence-electron chi connectivity index (χ4n) is 3.64. The molecule has 0 aliphatic heterocycles. The number of nitrogens with one attached hydrogen (secondary N) is 1. The lowest BCUT2D eigenvalue weighted by atomic mass is 10.0. The highest BCUT2D eigenvalue weighted by atomic mass is 35.5. The van der Waals surface area contributed by atoms with E-state index < -0.39 is 42.8 Å². The summed E-state index contributed by atoms with van der Waals surface area (Å²) in [6, 6.07) is 12.0. The summed E-state index contributed by atoms with van der Waals surface area (Å²) in [7, 11) is 0. The van der Waals surface area contributed by atoms with Gasteiger partial charge in [0, 0.05) is 36.3 Å². The first-order valence-corrected chi connectivity index (χ1v) is 11.7. The number of carbonyl (C=O) groups is 2. The number of rotatable bonds is 10. The van der Waals surface area contributed by atoms with Gasteiger partial charge in [-0.2, -0.15) is 13.2 Å². The second-order valence-corrected chi connectivity index (χ2v) is 8.74. The van der Waals surface area contributed by atoms with Crippen LogP contribution in [0.25, 0.3) is 0 Å². The molecule has 37 heavy (non-hydrogen) atoms. The third kappa shape index (κ3) is 8.75. The zero-order valence-electron chi connectivity index (χ0n) is 19.5. The molecular formula is C26H24ClF4N3O3. The Hall–Kier alpha value is -3.66. The monoisotopic (exact) mass is 537 g/mol. The van der Waals surface area contributed by atoms with Crippen molar-refractivity contribution in [1.82, 2.24) is 15.2 Å². The van der Waals surface area contributed by atoms with Gasteiger partial charge in [0.1, 0.15) is 17.6 Å². The van der Waals surface area contributed by atoms with Gasteiger partial charge in [-0.15, -0.1) is 0 Å².